The van der Waals surface area contributed by atoms with Crippen LogP contribution in [0, 0.1) is 6.92 Å². The number of benzene rings is 3. The van der Waals surface area contributed by atoms with E-state index in [0.717, 1.165) is 65.8 Å². The Kier molecular flexibility index (Phi) is 6.40. The zero-order valence-electron chi connectivity index (χ0n) is 22.2. The van der Waals surface area contributed by atoms with Crippen LogP contribution >= 0.6 is 0 Å². The number of carboxylic acids is 1. The molecule has 1 N–H and O–H groups in total. The maximum atomic E-state index is 12.1. The Bertz CT molecular complexity index is 1510. The summed E-state index contributed by atoms with van der Waals surface area (Å²) in [7, 11) is 1.87. The van der Waals surface area contributed by atoms with Crippen LogP contribution in [-0.2, 0) is 24.8 Å². The fraction of sp³-hybridized carbons (Fsp3) is 0.387. The molecule has 6 rings (SSSR count). The van der Waals surface area contributed by atoms with Crippen LogP contribution in [0.25, 0.3) is 11.0 Å². The Hall–Kier alpha value is -3.71. The number of fused-ring (bicyclic) bond motifs is 3. The van der Waals surface area contributed by atoms with Crippen molar-refractivity contribution >= 4 is 17.0 Å². The number of hydrogen-bond acceptors (Lipinski definition) is 5. The lowest BCUT2D eigenvalue weighted by molar-refractivity contribution is -0.137. The van der Waals surface area contributed by atoms with E-state index in [1.807, 2.05) is 26.1 Å². The zero-order valence-corrected chi connectivity index (χ0v) is 22.2. The largest absolute Gasteiger partial charge is 0.489 e. The van der Waals surface area contributed by atoms with Gasteiger partial charge in [-0.3, -0.25) is 9.69 Å². The maximum Gasteiger partial charge on any atom is 0.304 e. The van der Waals surface area contributed by atoms with Gasteiger partial charge in [0.25, 0.3) is 0 Å². The van der Waals surface area contributed by atoms with E-state index in [4.69, 9.17) is 4.74 Å². The molecule has 0 spiro atoms. The van der Waals surface area contributed by atoms with Gasteiger partial charge in [-0.25, -0.2) is 4.68 Å². The van der Waals surface area contributed by atoms with Gasteiger partial charge in [-0.05, 0) is 73.1 Å². The minimum absolute atomic E-state index is 0.0258. The van der Waals surface area contributed by atoms with Gasteiger partial charge in [-0.15, -0.1) is 5.10 Å². The SMILES string of the molecule is Cc1c(C(CC(=O)O)c2ccc3c(c2)C(N2Cc4ccccc4O[C@H](C)C2)CCC3)ccc2c1nnn2C. The maximum absolute atomic E-state index is 12.1. The summed E-state index contributed by atoms with van der Waals surface area (Å²) >= 11 is 0. The van der Waals surface area contributed by atoms with Crippen molar-refractivity contribution < 1.29 is 14.6 Å². The quantitative estimate of drug-likeness (QED) is 0.380. The lowest BCUT2D eigenvalue weighted by Crippen LogP contribution is -2.36. The molecular formula is C31H34N4O3. The van der Waals surface area contributed by atoms with Crippen LogP contribution in [0.3, 0.4) is 0 Å². The van der Waals surface area contributed by atoms with Crippen LogP contribution in [0.2, 0.25) is 0 Å². The minimum Gasteiger partial charge on any atom is -0.489 e. The molecule has 0 saturated heterocycles. The second-order valence-corrected chi connectivity index (χ2v) is 10.8. The molecule has 0 saturated carbocycles. The van der Waals surface area contributed by atoms with Crippen molar-refractivity contribution in [2.45, 2.75) is 64.1 Å². The molecule has 2 unspecified atom stereocenters. The summed E-state index contributed by atoms with van der Waals surface area (Å²) < 4.78 is 8.02. The Balaban J connectivity index is 1.41. The molecular weight excluding hydrogens is 476 g/mol. The molecule has 2 aliphatic rings. The number of aliphatic carboxylic acids is 1. The Morgan fingerprint density at radius 3 is 2.84 bits per heavy atom. The third kappa shape index (κ3) is 4.45. The van der Waals surface area contributed by atoms with Crippen LogP contribution in [0.5, 0.6) is 5.75 Å². The first-order valence-corrected chi connectivity index (χ1v) is 13.5. The second kappa shape index (κ2) is 9.87. The van der Waals surface area contributed by atoms with Crippen LogP contribution in [0.15, 0.2) is 54.6 Å². The normalized spacial score (nSPS) is 20.3. The first-order valence-electron chi connectivity index (χ1n) is 13.5. The molecule has 0 amide bonds. The Morgan fingerprint density at radius 2 is 2.00 bits per heavy atom. The highest BCUT2D eigenvalue weighted by molar-refractivity contribution is 5.80. The van der Waals surface area contributed by atoms with Crippen LogP contribution < -0.4 is 4.74 Å². The summed E-state index contributed by atoms with van der Waals surface area (Å²) in [6.45, 7) is 5.86. The van der Waals surface area contributed by atoms with E-state index in [-0.39, 0.29) is 24.5 Å². The number of aryl methyl sites for hydroxylation is 3. The average Bonchev–Trinajstić information content (AvgIpc) is 3.19. The van der Waals surface area contributed by atoms with E-state index < -0.39 is 5.97 Å². The summed E-state index contributed by atoms with van der Waals surface area (Å²) in [5.41, 5.74) is 8.72. The van der Waals surface area contributed by atoms with Gasteiger partial charge in [0.2, 0.25) is 0 Å². The lowest BCUT2D eigenvalue weighted by atomic mass is 9.80. The molecule has 2 heterocycles. The van der Waals surface area contributed by atoms with Crippen molar-refractivity contribution in [2.24, 2.45) is 7.05 Å². The molecule has 0 radical (unpaired) electrons. The number of carbonyl (C=O) groups is 1. The summed E-state index contributed by atoms with van der Waals surface area (Å²) in [5.74, 6) is -0.0967. The highest BCUT2D eigenvalue weighted by Crippen LogP contribution is 2.41. The average molecular weight is 511 g/mol. The monoisotopic (exact) mass is 510 g/mol. The first-order chi connectivity index (χ1) is 18.4. The van der Waals surface area contributed by atoms with E-state index in [2.05, 4.69) is 64.6 Å². The van der Waals surface area contributed by atoms with Gasteiger partial charge in [0, 0.05) is 37.7 Å². The van der Waals surface area contributed by atoms with Crippen molar-refractivity contribution in [3.8, 4) is 5.75 Å². The van der Waals surface area contributed by atoms with Crippen LogP contribution in [0.4, 0.5) is 0 Å². The Labute approximate surface area is 223 Å². The van der Waals surface area contributed by atoms with Crippen molar-refractivity contribution in [1.29, 1.82) is 0 Å². The van der Waals surface area contributed by atoms with Crippen LogP contribution in [0.1, 0.15) is 71.5 Å². The fourth-order valence-electron chi connectivity index (χ4n) is 6.45. The van der Waals surface area contributed by atoms with Gasteiger partial charge in [-0.2, -0.15) is 0 Å². The molecule has 4 aromatic rings. The van der Waals surface area contributed by atoms with Gasteiger partial charge < -0.3 is 9.84 Å². The van der Waals surface area contributed by atoms with Gasteiger partial charge >= 0.3 is 5.97 Å². The summed E-state index contributed by atoms with van der Waals surface area (Å²) in [6.07, 6.45) is 3.40. The van der Waals surface area contributed by atoms with E-state index in [1.165, 1.54) is 16.7 Å². The molecule has 1 aliphatic heterocycles. The third-order valence-corrected chi connectivity index (χ3v) is 8.29. The number of para-hydroxylation sites is 1. The smallest absolute Gasteiger partial charge is 0.304 e. The molecule has 0 fully saturated rings. The fourth-order valence-corrected chi connectivity index (χ4v) is 6.45. The highest BCUT2D eigenvalue weighted by Gasteiger charge is 2.31. The van der Waals surface area contributed by atoms with Crippen molar-refractivity contribution in [3.63, 3.8) is 0 Å². The summed E-state index contributed by atoms with van der Waals surface area (Å²) in [6, 6.07) is 19.3. The molecule has 38 heavy (non-hydrogen) atoms. The van der Waals surface area contributed by atoms with Gasteiger partial charge in [0.1, 0.15) is 17.4 Å². The van der Waals surface area contributed by atoms with Gasteiger partial charge in [-0.1, -0.05) is 47.7 Å². The lowest BCUT2D eigenvalue weighted by Gasteiger charge is -2.36. The molecule has 0 bridgehead atoms. The van der Waals surface area contributed by atoms with E-state index >= 15 is 0 Å². The predicted octanol–water partition coefficient (Wildman–Crippen LogP) is 5.54. The van der Waals surface area contributed by atoms with Gasteiger partial charge in [0.05, 0.1) is 11.9 Å². The third-order valence-electron chi connectivity index (χ3n) is 8.29. The zero-order chi connectivity index (χ0) is 26.4. The molecule has 3 aromatic carbocycles. The first kappa shape index (κ1) is 24.6. The molecule has 1 aromatic heterocycles. The van der Waals surface area contributed by atoms with Gasteiger partial charge in [0.15, 0.2) is 0 Å². The van der Waals surface area contributed by atoms with E-state index in [9.17, 15) is 9.90 Å². The minimum atomic E-state index is -0.807. The predicted molar refractivity (Wildman–Crippen MR) is 146 cm³/mol. The molecule has 7 nitrogen and oxygen atoms in total. The van der Waals surface area contributed by atoms with Crippen molar-refractivity contribution in [2.75, 3.05) is 6.54 Å². The number of aromatic nitrogens is 3. The number of nitrogens with zero attached hydrogens (tertiary/aromatic N) is 4. The molecule has 1 aliphatic carbocycles. The highest BCUT2D eigenvalue weighted by atomic mass is 16.5. The van der Waals surface area contributed by atoms with Crippen molar-refractivity contribution in [1.82, 2.24) is 19.9 Å². The summed E-state index contributed by atoms with van der Waals surface area (Å²) in [5, 5.41) is 18.4. The number of carboxylic acid groups (broad SMARTS) is 1. The number of hydrogen-bond donors (Lipinski definition) is 1. The molecule has 7 heteroatoms. The molecule has 196 valence electrons. The standard InChI is InChI=1S/C31H34N4O3/c1-19-17-35(18-23-7-4-5-10-29(23)38-19)27-9-6-8-21-11-12-22(15-26(21)27)25(16-30(36)37)24-13-14-28-31(20(24)2)32-33-34(28)3/h4-5,7,10-15,19,25,27H,6,8-9,16-18H2,1-3H3,(H,36,37)/t19-,25?,27?/m1/s1. The number of ether oxygens (including phenoxy) is 1. The number of rotatable bonds is 5. The molecule has 3 atom stereocenters. The topological polar surface area (TPSA) is 80.5 Å². The van der Waals surface area contributed by atoms with Crippen molar-refractivity contribution in [3.05, 3.63) is 88.0 Å². The van der Waals surface area contributed by atoms with E-state index in [0.29, 0.717) is 0 Å². The summed E-state index contributed by atoms with van der Waals surface area (Å²) in [4.78, 5) is 14.6. The Morgan fingerprint density at radius 1 is 1.16 bits per heavy atom. The second-order valence-electron chi connectivity index (χ2n) is 10.8. The van der Waals surface area contributed by atoms with E-state index in [1.54, 1.807) is 4.68 Å². The van der Waals surface area contributed by atoms with Crippen LogP contribution in [-0.4, -0.2) is 43.6 Å².